The zero-order chi connectivity index (χ0) is 28.5. The van der Waals surface area contributed by atoms with E-state index in [0.29, 0.717) is 0 Å². The molecule has 0 aliphatic carbocycles. The van der Waals surface area contributed by atoms with E-state index < -0.39 is 0 Å². The summed E-state index contributed by atoms with van der Waals surface area (Å²) in [7, 11) is 0. The van der Waals surface area contributed by atoms with Crippen LogP contribution in [0, 0.1) is 0 Å². The number of nitrogens with zero attached hydrogens (tertiary/aromatic N) is 3. The fourth-order valence-corrected chi connectivity index (χ4v) is 9.06. The van der Waals surface area contributed by atoms with Crippen LogP contribution in [0.5, 0.6) is 11.5 Å². The summed E-state index contributed by atoms with van der Waals surface area (Å²) in [6, 6.07) is 47.8. The fourth-order valence-electron chi connectivity index (χ4n) is 7.95. The van der Waals surface area contributed by atoms with E-state index in [-0.39, 0.29) is 6.71 Å². The Kier molecular flexibility index (Phi) is 4.31. The predicted molar refractivity (Wildman–Crippen MR) is 181 cm³/mol. The van der Waals surface area contributed by atoms with Gasteiger partial charge in [-0.15, -0.1) is 0 Å². The van der Waals surface area contributed by atoms with Crippen molar-refractivity contribution in [2.75, 3.05) is 9.80 Å². The molecule has 4 aliphatic rings. The number of benzene rings is 6. The van der Waals surface area contributed by atoms with E-state index >= 15 is 0 Å². The molecule has 5 heterocycles. The Morgan fingerprint density at radius 1 is 0.545 bits per heavy atom. The van der Waals surface area contributed by atoms with Gasteiger partial charge < -0.3 is 19.1 Å². The molecule has 0 saturated heterocycles. The molecule has 11 rings (SSSR count). The van der Waals surface area contributed by atoms with Crippen LogP contribution in [0.2, 0.25) is 0 Å². The summed E-state index contributed by atoms with van der Waals surface area (Å²) in [5, 5.41) is 1.25. The van der Waals surface area contributed by atoms with Crippen molar-refractivity contribution in [3.05, 3.63) is 133 Å². The first-order valence-corrected chi connectivity index (χ1v) is 15.8. The first kappa shape index (κ1) is 23.2. The van der Waals surface area contributed by atoms with Crippen molar-refractivity contribution in [2.45, 2.75) is 9.79 Å². The van der Waals surface area contributed by atoms with Crippen LogP contribution in [0.1, 0.15) is 0 Å². The van der Waals surface area contributed by atoms with Gasteiger partial charge in [0, 0.05) is 37.8 Å². The summed E-state index contributed by atoms with van der Waals surface area (Å²) < 4.78 is 9.36. The number of hydrogen-bond donors (Lipinski definition) is 0. The first-order chi connectivity index (χ1) is 21.9. The van der Waals surface area contributed by atoms with Gasteiger partial charge in [0.2, 0.25) is 0 Å². The minimum Gasteiger partial charge on any atom is -0.455 e. The van der Waals surface area contributed by atoms with Crippen molar-refractivity contribution in [1.82, 2.24) is 4.57 Å². The standard InChI is InChI=1S/C38H22BN3OS/c1-3-12-23(13-4-1)40-28-19-11-20-29-33(28)39-34-36(42-26-17-8-7-16-25(26)35(40)38(39)42)30(43-24-14-5-2-6-15-24)22-32-37(34)41(29)27-18-9-10-21-31(27)44-32/h1-22H. The second-order valence-electron chi connectivity index (χ2n) is 11.7. The Morgan fingerprint density at radius 2 is 1.25 bits per heavy atom. The molecule has 0 N–H and O–H groups in total. The van der Waals surface area contributed by atoms with Crippen LogP contribution < -0.4 is 31.1 Å². The van der Waals surface area contributed by atoms with Crippen LogP contribution in [-0.4, -0.2) is 11.3 Å². The van der Waals surface area contributed by atoms with Gasteiger partial charge in [0.15, 0.2) is 5.75 Å². The number of anilines is 6. The number of para-hydroxylation sites is 4. The zero-order valence-electron chi connectivity index (χ0n) is 23.4. The average molecular weight is 579 g/mol. The molecule has 7 aromatic rings. The maximum absolute atomic E-state index is 6.85. The third-order valence-electron chi connectivity index (χ3n) is 9.50. The van der Waals surface area contributed by atoms with Crippen molar-refractivity contribution < 1.29 is 4.74 Å². The first-order valence-electron chi connectivity index (χ1n) is 15.0. The molecule has 0 atom stereocenters. The van der Waals surface area contributed by atoms with E-state index in [1.807, 2.05) is 42.1 Å². The van der Waals surface area contributed by atoms with Crippen molar-refractivity contribution in [3.63, 3.8) is 0 Å². The van der Waals surface area contributed by atoms with Gasteiger partial charge in [-0.05, 0) is 71.6 Å². The van der Waals surface area contributed by atoms with Crippen LogP contribution in [0.3, 0.4) is 0 Å². The molecule has 0 radical (unpaired) electrons. The molecule has 0 bridgehead atoms. The van der Waals surface area contributed by atoms with Gasteiger partial charge in [0.05, 0.1) is 28.3 Å². The SMILES string of the molecule is c1ccc(Oc2cc3c4c5c2-n2c6c(c7ccccc72)N(c2ccccc2)c2cccc(c2B56)N4c2ccccc2S3)cc1. The highest BCUT2D eigenvalue weighted by molar-refractivity contribution is 7.99. The normalized spacial score (nSPS) is 14.1. The van der Waals surface area contributed by atoms with Gasteiger partial charge in [-0.25, -0.2) is 0 Å². The van der Waals surface area contributed by atoms with Crippen molar-refractivity contribution in [1.29, 1.82) is 0 Å². The summed E-state index contributed by atoms with van der Waals surface area (Å²) in [6.07, 6.45) is 0. The summed E-state index contributed by atoms with van der Waals surface area (Å²) in [5.41, 5.74) is 13.8. The van der Waals surface area contributed by atoms with Gasteiger partial charge in [0.1, 0.15) is 5.75 Å². The van der Waals surface area contributed by atoms with E-state index in [0.717, 1.165) is 22.9 Å². The third-order valence-corrected chi connectivity index (χ3v) is 10.6. The van der Waals surface area contributed by atoms with E-state index in [2.05, 4.69) is 117 Å². The Morgan fingerprint density at radius 3 is 2.11 bits per heavy atom. The Bertz CT molecular complexity index is 2370. The van der Waals surface area contributed by atoms with Crippen LogP contribution in [0.4, 0.5) is 34.1 Å². The van der Waals surface area contributed by atoms with E-state index in [4.69, 9.17) is 4.74 Å². The highest BCUT2D eigenvalue weighted by Crippen LogP contribution is 2.57. The molecule has 0 spiro atoms. The molecule has 44 heavy (non-hydrogen) atoms. The molecule has 0 unspecified atom stereocenters. The third kappa shape index (κ3) is 2.73. The maximum Gasteiger partial charge on any atom is 0.276 e. The molecule has 0 fully saturated rings. The molecular formula is C38H22BN3OS. The number of fused-ring (bicyclic) bond motifs is 7. The number of rotatable bonds is 3. The van der Waals surface area contributed by atoms with Crippen molar-refractivity contribution in [3.8, 4) is 17.2 Å². The lowest BCUT2D eigenvalue weighted by Crippen LogP contribution is -2.59. The lowest BCUT2D eigenvalue weighted by Gasteiger charge is -2.44. The topological polar surface area (TPSA) is 20.6 Å². The monoisotopic (exact) mass is 579 g/mol. The van der Waals surface area contributed by atoms with E-state index in [9.17, 15) is 0 Å². The van der Waals surface area contributed by atoms with E-state index in [1.54, 1.807) is 0 Å². The quantitative estimate of drug-likeness (QED) is 0.196. The highest BCUT2D eigenvalue weighted by Gasteiger charge is 2.53. The molecule has 4 aliphatic heterocycles. The molecule has 1 aromatic heterocycles. The molecule has 6 aromatic carbocycles. The number of hydrogen-bond acceptors (Lipinski definition) is 4. The molecule has 6 heteroatoms. The molecule has 4 nitrogen and oxygen atoms in total. The predicted octanol–water partition coefficient (Wildman–Crippen LogP) is 8.28. The van der Waals surface area contributed by atoms with Gasteiger partial charge in [-0.1, -0.05) is 84.6 Å². The van der Waals surface area contributed by atoms with Gasteiger partial charge in [-0.2, -0.15) is 0 Å². The molecule has 0 saturated carbocycles. The lowest BCUT2D eigenvalue weighted by molar-refractivity contribution is 0.480. The summed E-state index contributed by atoms with van der Waals surface area (Å²) >= 11 is 1.85. The van der Waals surface area contributed by atoms with Gasteiger partial charge >= 0.3 is 0 Å². The molecule has 0 amide bonds. The van der Waals surface area contributed by atoms with Crippen LogP contribution in [0.25, 0.3) is 16.6 Å². The number of ether oxygens (including phenoxy) is 1. The van der Waals surface area contributed by atoms with E-state index in [1.165, 1.54) is 65.6 Å². The van der Waals surface area contributed by atoms with Crippen molar-refractivity contribution >= 4 is 80.0 Å². The summed E-state index contributed by atoms with van der Waals surface area (Å²) in [5.74, 6) is 1.73. The fraction of sp³-hybridized carbons (Fsp3) is 0. The summed E-state index contributed by atoms with van der Waals surface area (Å²) in [6.45, 7) is 0.0914. The second kappa shape index (κ2) is 8.19. The summed E-state index contributed by atoms with van der Waals surface area (Å²) in [4.78, 5) is 7.49. The molecule has 204 valence electrons. The highest BCUT2D eigenvalue weighted by atomic mass is 32.2. The van der Waals surface area contributed by atoms with Crippen LogP contribution >= 0.6 is 11.8 Å². The Hall–Kier alpha value is -5.33. The van der Waals surface area contributed by atoms with Crippen molar-refractivity contribution in [2.24, 2.45) is 0 Å². The molecular weight excluding hydrogens is 557 g/mol. The van der Waals surface area contributed by atoms with Gasteiger partial charge in [0.25, 0.3) is 6.71 Å². The maximum atomic E-state index is 6.85. The Balaban J connectivity index is 1.33. The van der Waals surface area contributed by atoms with Crippen LogP contribution in [-0.2, 0) is 0 Å². The minimum absolute atomic E-state index is 0.0914. The van der Waals surface area contributed by atoms with Crippen LogP contribution in [0.15, 0.2) is 143 Å². The smallest absolute Gasteiger partial charge is 0.276 e. The zero-order valence-corrected chi connectivity index (χ0v) is 24.3. The lowest BCUT2D eigenvalue weighted by atomic mass is 9.36. The average Bonchev–Trinajstić information content (AvgIpc) is 3.61. The van der Waals surface area contributed by atoms with Gasteiger partial charge in [-0.3, -0.25) is 0 Å². The Labute approximate surface area is 258 Å². The largest absolute Gasteiger partial charge is 0.455 e. The minimum atomic E-state index is 0.0914. The number of aromatic nitrogens is 1. The second-order valence-corrected chi connectivity index (χ2v) is 12.8.